The predicted molar refractivity (Wildman–Crippen MR) is 29.6 cm³/mol. The van der Waals surface area contributed by atoms with E-state index >= 15 is 0 Å². The van der Waals surface area contributed by atoms with Crippen molar-refractivity contribution in [2.24, 2.45) is 11.7 Å². The van der Waals surface area contributed by atoms with Crippen molar-refractivity contribution in [3.63, 3.8) is 0 Å². The smallest absolute Gasteiger partial charge is 0 e. The van der Waals surface area contributed by atoms with Crippen LogP contribution in [0.2, 0.25) is 0 Å². The van der Waals surface area contributed by atoms with Gasteiger partial charge in [-0.1, -0.05) is 13.8 Å². The first-order valence-electron chi connectivity index (χ1n) is 1.97. The minimum atomic E-state index is 0. The van der Waals surface area contributed by atoms with Crippen LogP contribution in [0.3, 0.4) is 0 Å². The Bertz CT molecular complexity index is 21.5. The van der Waals surface area contributed by atoms with Gasteiger partial charge in [-0.05, 0) is 12.5 Å². The Morgan fingerprint density at radius 1 is 1.50 bits per heavy atom. The Balaban J connectivity index is 0. The minimum absolute atomic E-state index is 0. The lowest BCUT2D eigenvalue weighted by molar-refractivity contribution is 0.664. The molecule has 0 aromatic carbocycles. The van der Waals surface area contributed by atoms with Gasteiger partial charge in [0.05, 0.1) is 0 Å². The summed E-state index contributed by atoms with van der Waals surface area (Å²) >= 11 is 0. The van der Waals surface area contributed by atoms with Gasteiger partial charge in [0.15, 0.2) is 0 Å². The quantitative estimate of drug-likeness (QED) is 0.466. The number of rotatable bonds is 1. The third kappa shape index (κ3) is 8.83. The summed E-state index contributed by atoms with van der Waals surface area (Å²) in [5, 5.41) is 0. The van der Waals surface area contributed by atoms with E-state index in [0.29, 0.717) is 5.92 Å². The van der Waals surface area contributed by atoms with Crippen molar-refractivity contribution in [3.8, 4) is 0 Å². The predicted octanol–water partition coefficient (Wildman–Crippen LogP) is 0.220. The van der Waals surface area contributed by atoms with Gasteiger partial charge in [-0.2, -0.15) is 0 Å². The Hall–Kier alpha value is 0.726. The summed E-state index contributed by atoms with van der Waals surface area (Å²) < 4.78 is 0. The lowest BCUT2D eigenvalue weighted by atomic mass is 10.2. The van der Waals surface area contributed by atoms with Crippen LogP contribution >= 0.6 is 0 Å². The van der Waals surface area contributed by atoms with E-state index in [1.54, 1.807) is 0 Å². The zero-order valence-electron chi connectivity index (χ0n) is 4.57. The molecule has 0 spiro atoms. The molecule has 2 N–H and O–H groups in total. The molecule has 0 bridgehead atoms. The maximum Gasteiger partial charge on any atom is 0 e. The summed E-state index contributed by atoms with van der Waals surface area (Å²) in [7, 11) is 0. The van der Waals surface area contributed by atoms with E-state index in [-0.39, 0.29) is 23.1 Å². The van der Waals surface area contributed by atoms with Crippen LogP contribution in [0.5, 0.6) is 0 Å². The van der Waals surface area contributed by atoms with Gasteiger partial charge in [0.1, 0.15) is 0 Å². The first-order valence-corrected chi connectivity index (χ1v) is 1.97. The Morgan fingerprint density at radius 3 is 1.67 bits per heavy atom. The summed E-state index contributed by atoms with van der Waals surface area (Å²) in [6, 6.07) is 0. The van der Waals surface area contributed by atoms with Gasteiger partial charge in [0.2, 0.25) is 0 Å². The second-order valence-corrected chi connectivity index (χ2v) is 1.63. The van der Waals surface area contributed by atoms with Gasteiger partial charge in [0, 0.05) is 23.1 Å². The monoisotopic (exact) mass is 97.1 g/mol. The summed E-state index contributed by atoms with van der Waals surface area (Å²) in [6.07, 6.45) is 0. The number of hydrogen-bond donors (Lipinski definition) is 1. The maximum atomic E-state index is 5.17. The van der Waals surface area contributed by atoms with Crippen LogP contribution in [0.15, 0.2) is 0 Å². The minimum Gasteiger partial charge on any atom is -0.330 e. The normalized spacial score (nSPS) is 8.00. The fourth-order valence-corrected chi connectivity index (χ4v) is 0. The molecule has 0 aliphatic rings. The van der Waals surface area contributed by atoms with Crippen molar-refractivity contribution in [2.45, 2.75) is 13.8 Å². The van der Waals surface area contributed by atoms with Gasteiger partial charge in [-0.3, -0.25) is 0 Å². The molecule has 0 aromatic heterocycles. The van der Waals surface area contributed by atoms with Crippen molar-refractivity contribution < 1.29 is 0 Å². The first kappa shape index (κ1) is 9.87. The molecule has 0 aromatic rings. The Kier molecular flexibility index (Phi) is 9.42. The molecule has 0 unspecified atom stereocenters. The SMILES string of the molecule is CC(C)CN.[Mg]. The highest BCUT2D eigenvalue weighted by Gasteiger charge is 1.80. The summed E-state index contributed by atoms with van der Waals surface area (Å²) in [5.41, 5.74) is 5.17. The van der Waals surface area contributed by atoms with E-state index in [9.17, 15) is 0 Å². The van der Waals surface area contributed by atoms with Crippen LogP contribution in [-0.2, 0) is 0 Å². The van der Waals surface area contributed by atoms with Crippen LogP contribution in [0.1, 0.15) is 13.8 Å². The Labute approximate surface area is 55.4 Å². The summed E-state index contributed by atoms with van der Waals surface area (Å²) in [5.74, 6) is 0.662. The average molecular weight is 97.4 g/mol. The van der Waals surface area contributed by atoms with Crippen LogP contribution in [0.25, 0.3) is 0 Å². The molecule has 0 saturated carbocycles. The van der Waals surface area contributed by atoms with Crippen LogP contribution in [0.4, 0.5) is 0 Å². The molecule has 2 radical (unpaired) electrons. The molecule has 0 heterocycles. The highest BCUT2D eigenvalue weighted by atomic mass is 24.3. The number of nitrogens with two attached hydrogens (primary N) is 1. The van der Waals surface area contributed by atoms with Crippen LogP contribution in [0, 0.1) is 5.92 Å². The topological polar surface area (TPSA) is 26.0 Å². The molecule has 1 nitrogen and oxygen atoms in total. The van der Waals surface area contributed by atoms with E-state index in [0.717, 1.165) is 6.54 Å². The van der Waals surface area contributed by atoms with Crippen molar-refractivity contribution in [1.82, 2.24) is 0 Å². The second-order valence-electron chi connectivity index (χ2n) is 1.63. The molecule has 0 atom stereocenters. The molecule has 0 fully saturated rings. The van der Waals surface area contributed by atoms with E-state index in [1.807, 2.05) is 0 Å². The summed E-state index contributed by atoms with van der Waals surface area (Å²) in [4.78, 5) is 0. The summed E-state index contributed by atoms with van der Waals surface area (Å²) in [6.45, 7) is 5.00. The fraction of sp³-hybridized carbons (Fsp3) is 1.00. The molecule has 2 heteroatoms. The fourth-order valence-electron chi connectivity index (χ4n) is 0. The third-order valence-corrected chi connectivity index (χ3v) is 0.471. The van der Waals surface area contributed by atoms with E-state index in [1.165, 1.54) is 0 Å². The molecular weight excluding hydrogens is 86.4 g/mol. The lowest BCUT2D eigenvalue weighted by Gasteiger charge is -1.91. The van der Waals surface area contributed by atoms with Gasteiger partial charge >= 0.3 is 0 Å². The van der Waals surface area contributed by atoms with Crippen molar-refractivity contribution in [2.75, 3.05) is 6.54 Å². The zero-order chi connectivity index (χ0) is 4.28. The molecule has 0 saturated heterocycles. The highest BCUT2D eigenvalue weighted by Crippen LogP contribution is 1.81. The molecule has 0 rings (SSSR count). The van der Waals surface area contributed by atoms with Gasteiger partial charge in [0.25, 0.3) is 0 Å². The van der Waals surface area contributed by atoms with Gasteiger partial charge in [-0.25, -0.2) is 0 Å². The van der Waals surface area contributed by atoms with E-state index in [2.05, 4.69) is 13.8 Å². The van der Waals surface area contributed by atoms with Crippen LogP contribution in [-0.4, -0.2) is 29.6 Å². The van der Waals surface area contributed by atoms with Crippen LogP contribution < -0.4 is 5.73 Å². The second kappa shape index (κ2) is 5.73. The maximum absolute atomic E-state index is 5.17. The van der Waals surface area contributed by atoms with E-state index < -0.39 is 0 Å². The highest BCUT2D eigenvalue weighted by molar-refractivity contribution is 5.75. The molecule has 6 heavy (non-hydrogen) atoms. The zero-order valence-corrected chi connectivity index (χ0v) is 5.98. The molecule has 34 valence electrons. The molecule has 0 amide bonds. The third-order valence-electron chi connectivity index (χ3n) is 0.471. The van der Waals surface area contributed by atoms with Crippen molar-refractivity contribution >= 4 is 23.1 Å². The average Bonchev–Trinajstić information content (AvgIpc) is 1.38. The van der Waals surface area contributed by atoms with Gasteiger partial charge < -0.3 is 5.73 Å². The molecular formula is C4H11MgN. The van der Waals surface area contributed by atoms with Crippen molar-refractivity contribution in [3.05, 3.63) is 0 Å². The first-order chi connectivity index (χ1) is 2.27. The molecule has 0 aliphatic heterocycles. The Morgan fingerprint density at radius 2 is 1.67 bits per heavy atom. The largest absolute Gasteiger partial charge is 0.330 e. The van der Waals surface area contributed by atoms with Gasteiger partial charge in [-0.15, -0.1) is 0 Å². The standard InChI is InChI=1S/C4H11N.Mg/c1-4(2)3-5;/h4H,3,5H2,1-2H3;. The van der Waals surface area contributed by atoms with E-state index in [4.69, 9.17) is 5.73 Å². The molecule has 0 aliphatic carbocycles. The van der Waals surface area contributed by atoms with Crippen molar-refractivity contribution in [1.29, 1.82) is 0 Å². The number of hydrogen-bond acceptors (Lipinski definition) is 1. The lowest BCUT2D eigenvalue weighted by Crippen LogP contribution is -2.05.